The molecule has 0 aromatic carbocycles. The van der Waals surface area contributed by atoms with Crippen LogP contribution in [-0.4, -0.2) is 32.5 Å². The van der Waals surface area contributed by atoms with E-state index < -0.39 is 0 Å². The zero-order valence-electron chi connectivity index (χ0n) is 9.95. The molecular formula is C13H16N4. The topological polar surface area (TPSA) is 34.0 Å². The number of imidazole rings is 1. The van der Waals surface area contributed by atoms with Crippen molar-refractivity contribution in [1.29, 1.82) is 0 Å². The van der Waals surface area contributed by atoms with Gasteiger partial charge in [0.2, 0.25) is 0 Å². The van der Waals surface area contributed by atoms with Crippen LogP contribution in [0.4, 0.5) is 0 Å². The lowest BCUT2D eigenvalue weighted by Crippen LogP contribution is -2.44. The first-order valence-electron chi connectivity index (χ1n) is 5.92. The average Bonchev–Trinajstić information content (AvgIpc) is 2.70. The molecule has 1 aliphatic rings. The van der Waals surface area contributed by atoms with Gasteiger partial charge in [-0.2, -0.15) is 0 Å². The maximum atomic E-state index is 4.40. The van der Waals surface area contributed by atoms with Crippen LogP contribution in [-0.2, 0) is 13.6 Å². The van der Waals surface area contributed by atoms with Crippen molar-refractivity contribution in [2.45, 2.75) is 12.5 Å². The molecular weight excluding hydrogens is 212 g/mol. The van der Waals surface area contributed by atoms with Gasteiger partial charge in [0.1, 0.15) is 5.82 Å². The summed E-state index contributed by atoms with van der Waals surface area (Å²) in [6.07, 6.45) is 5.72. The maximum absolute atomic E-state index is 4.40. The average molecular weight is 228 g/mol. The van der Waals surface area contributed by atoms with E-state index in [1.807, 2.05) is 31.7 Å². The quantitative estimate of drug-likeness (QED) is 0.796. The van der Waals surface area contributed by atoms with Gasteiger partial charge in [-0.1, -0.05) is 6.07 Å². The van der Waals surface area contributed by atoms with Crippen molar-refractivity contribution >= 4 is 0 Å². The molecule has 0 amide bonds. The maximum Gasteiger partial charge on any atom is 0.122 e. The second kappa shape index (κ2) is 4.30. The van der Waals surface area contributed by atoms with Crippen molar-refractivity contribution in [3.8, 4) is 0 Å². The first-order chi connectivity index (χ1) is 8.33. The molecule has 88 valence electrons. The summed E-state index contributed by atoms with van der Waals surface area (Å²) < 4.78 is 2.08. The highest BCUT2D eigenvalue weighted by Crippen LogP contribution is 2.26. The van der Waals surface area contributed by atoms with Crippen LogP contribution in [0.1, 0.15) is 17.4 Å². The molecule has 1 aliphatic heterocycles. The standard InChI is InChI=1S/C13H16N4/c1-16-7-6-15-13(16)10-17-8-11(9-17)12-4-2-3-5-14-12/h2-7,11H,8-10H2,1H3. The van der Waals surface area contributed by atoms with Gasteiger partial charge in [0.25, 0.3) is 0 Å². The van der Waals surface area contributed by atoms with E-state index in [1.165, 1.54) is 5.69 Å². The van der Waals surface area contributed by atoms with Gasteiger partial charge < -0.3 is 4.57 Å². The number of hydrogen-bond acceptors (Lipinski definition) is 3. The highest BCUT2D eigenvalue weighted by Gasteiger charge is 2.29. The van der Waals surface area contributed by atoms with Crippen molar-refractivity contribution in [2.75, 3.05) is 13.1 Å². The monoisotopic (exact) mass is 228 g/mol. The third-order valence-electron chi connectivity index (χ3n) is 3.35. The molecule has 0 N–H and O–H groups in total. The molecule has 3 rings (SSSR count). The molecule has 4 heteroatoms. The first kappa shape index (κ1) is 10.5. The van der Waals surface area contributed by atoms with Gasteiger partial charge in [-0.3, -0.25) is 9.88 Å². The van der Waals surface area contributed by atoms with Gasteiger partial charge >= 0.3 is 0 Å². The summed E-state index contributed by atoms with van der Waals surface area (Å²) in [5, 5.41) is 0. The van der Waals surface area contributed by atoms with Crippen LogP contribution in [0.3, 0.4) is 0 Å². The largest absolute Gasteiger partial charge is 0.337 e. The van der Waals surface area contributed by atoms with Gasteiger partial charge in [-0.05, 0) is 12.1 Å². The van der Waals surface area contributed by atoms with E-state index in [9.17, 15) is 0 Å². The lowest BCUT2D eigenvalue weighted by molar-refractivity contribution is 0.132. The van der Waals surface area contributed by atoms with Crippen molar-refractivity contribution in [2.24, 2.45) is 7.05 Å². The van der Waals surface area contributed by atoms with Crippen LogP contribution in [0, 0.1) is 0 Å². The molecule has 0 unspecified atom stereocenters. The van der Waals surface area contributed by atoms with E-state index in [2.05, 4.69) is 31.6 Å². The van der Waals surface area contributed by atoms with Gasteiger partial charge in [0, 0.05) is 50.3 Å². The molecule has 1 saturated heterocycles. The van der Waals surface area contributed by atoms with Crippen molar-refractivity contribution < 1.29 is 0 Å². The molecule has 17 heavy (non-hydrogen) atoms. The highest BCUT2D eigenvalue weighted by atomic mass is 15.2. The minimum absolute atomic E-state index is 0.594. The Balaban J connectivity index is 1.57. The van der Waals surface area contributed by atoms with Crippen molar-refractivity contribution in [3.05, 3.63) is 48.3 Å². The summed E-state index contributed by atoms with van der Waals surface area (Å²) in [4.78, 5) is 11.1. The molecule has 0 radical (unpaired) electrons. The van der Waals surface area contributed by atoms with Crippen LogP contribution >= 0.6 is 0 Å². The Labute approximate surface area is 101 Å². The highest BCUT2D eigenvalue weighted by molar-refractivity contribution is 5.14. The lowest BCUT2D eigenvalue weighted by atomic mass is 9.96. The molecule has 0 saturated carbocycles. The smallest absolute Gasteiger partial charge is 0.122 e. The van der Waals surface area contributed by atoms with E-state index >= 15 is 0 Å². The Morgan fingerprint density at radius 2 is 2.12 bits per heavy atom. The second-order valence-corrected chi connectivity index (χ2v) is 4.60. The fraction of sp³-hybridized carbons (Fsp3) is 0.385. The van der Waals surface area contributed by atoms with E-state index in [1.54, 1.807) is 0 Å². The van der Waals surface area contributed by atoms with Crippen LogP contribution < -0.4 is 0 Å². The van der Waals surface area contributed by atoms with Crippen LogP contribution in [0.5, 0.6) is 0 Å². The summed E-state index contributed by atoms with van der Waals surface area (Å²) in [7, 11) is 2.04. The zero-order chi connectivity index (χ0) is 11.7. The number of aryl methyl sites for hydroxylation is 1. The molecule has 2 aromatic rings. The van der Waals surface area contributed by atoms with Crippen molar-refractivity contribution in [3.63, 3.8) is 0 Å². The van der Waals surface area contributed by atoms with E-state index in [0.717, 1.165) is 25.5 Å². The third-order valence-corrected chi connectivity index (χ3v) is 3.35. The molecule has 0 atom stereocenters. The number of pyridine rings is 1. The molecule has 2 aromatic heterocycles. The van der Waals surface area contributed by atoms with E-state index in [0.29, 0.717) is 5.92 Å². The molecule has 4 nitrogen and oxygen atoms in total. The summed E-state index contributed by atoms with van der Waals surface area (Å²) in [5.41, 5.74) is 1.21. The van der Waals surface area contributed by atoms with Crippen LogP contribution in [0.2, 0.25) is 0 Å². The SMILES string of the molecule is Cn1ccnc1CN1CC(c2ccccn2)C1. The van der Waals surface area contributed by atoms with Gasteiger partial charge in [-0.15, -0.1) is 0 Å². The Bertz CT molecular complexity index is 485. The summed E-state index contributed by atoms with van der Waals surface area (Å²) in [6.45, 7) is 3.11. The molecule has 3 heterocycles. The summed E-state index contributed by atoms with van der Waals surface area (Å²) in [6, 6.07) is 6.14. The molecule has 0 aliphatic carbocycles. The molecule has 1 fully saturated rings. The Hall–Kier alpha value is -1.68. The number of likely N-dealkylation sites (tertiary alicyclic amines) is 1. The lowest BCUT2D eigenvalue weighted by Gasteiger charge is -2.38. The summed E-state index contributed by atoms with van der Waals surface area (Å²) in [5.74, 6) is 1.72. The number of nitrogens with zero attached hydrogens (tertiary/aromatic N) is 4. The minimum Gasteiger partial charge on any atom is -0.337 e. The Kier molecular flexibility index (Phi) is 2.65. The summed E-state index contributed by atoms with van der Waals surface area (Å²) >= 11 is 0. The van der Waals surface area contributed by atoms with E-state index in [4.69, 9.17) is 0 Å². The minimum atomic E-state index is 0.594. The van der Waals surface area contributed by atoms with Crippen LogP contribution in [0.15, 0.2) is 36.8 Å². The van der Waals surface area contributed by atoms with Gasteiger partial charge in [0.15, 0.2) is 0 Å². The second-order valence-electron chi connectivity index (χ2n) is 4.60. The first-order valence-corrected chi connectivity index (χ1v) is 5.92. The molecule has 0 bridgehead atoms. The zero-order valence-corrected chi connectivity index (χ0v) is 9.95. The number of rotatable bonds is 3. The Morgan fingerprint density at radius 1 is 1.24 bits per heavy atom. The predicted octanol–water partition coefficient (Wildman–Crippen LogP) is 1.41. The Morgan fingerprint density at radius 3 is 2.76 bits per heavy atom. The van der Waals surface area contributed by atoms with Gasteiger partial charge in [0.05, 0.1) is 6.54 Å². The molecule has 0 spiro atoms. The van der Waals surface area contributed by atoms with E-state index in [-0.39, 0.29) is 0 Å². The van der Waals surface area contributed by atoms with Gasteiger partial charge in [-0.25, -0.2) is 4.98 Å². The third kappa shape index (κ3) is 2.08. The fourth-order valence-corrected chi connectivity index (χ4v) is 2.25. The number of hydrogen-bond donors (Lipinski definition) is 0. The fourth-order valence-electron chi connectivity index (χ4n) is 2.25. The number of aromatic nitrogens is 3. The normalized spacial score (nSPS) is 17.0. The van der Waals surface area contributed by atoms with Crippen LogP contribution in [0.25, 0.3) is 0 Å². The predicted molar refractivity (Wildman–Crippen MR) is 65.5 cm³/mol. The van der Waals surface area contributed by atoms with Crippen molar-refractivity contribution in [1.82, 2.24) is 19.4 Å².